The van der Waals surface area contributed by atoms with Crippen molar-refractivity contribution < 1.29 is 9.47 Å². The Bertz CT molecular complexity index is 601. The normalized spacial score (nSPS) is 12.0. The molecule has 0 fully saturated rings. The monoisotopic (exact) mass is 305 g/mol. The Morgan fingerprint density at radius 3 is 2.57 bits per heavy atom. The third kappa shape index (κ3) is 4.13. The van der Waals surface area contributed by atoms with Gasteiger partial charge in [-0.2, -0.15) is 0 Å². The maximum absolute atomic E-state index is 6.28. The van der Waals surface area contributed by atoms with E-state index in [9.17, 15) is 0 Å². The second kappa shape index (κ2) is 7.34. The molecule has 0 spiro atoms. The van der Waals surface area contributed by atoms with E-state index in [0.29, 0.717) is 16.5 Å². The molecule has 1 atom stereocenters. The van der Waals surface area contributed by atoms with Crippen LogP contribution in [-0.2, 0) is 6.42 Å². The molecule has 0 aromatic heterocycles. The summed E-state index contributed by atoms with van der Waals surface area (Å²) in [5.41, 5.74) is 7.06. The van der Waals surface area contributed by atoms with Gasteiger partial charge in [0.15, 0.2) is 0 Å². The number of hydrogen-bond donors (Lipinski definition) is 1. The van der Waals surface area contributed by atoms with E-state index in [1.165, 1.54) is 0 Å². The van der Waals surface area contributed by atoms with Gasteiger partial charge in [-0.05, 0) is 36.6 Å². The predicted octanol–water partition coefficient (Wildman–Crippen LogP) is 4.42. The summed E-state index contributed by atoms with van der Waals surface area (Å²) in [6.45, 7) is 2.07. The Labute approximate surface area is 130 Å². The van der Waals surface area contributed by atoms with E-state index < -0.39 is 0 Å². The fraction of sp³-hybridized carbons (Fsp3) is 0.294. The summed E-state index contributed by atoms with van der Waals surface area (Å²) in [5, 5.41) is 0.582. The number of benzene rings is 2. The van der Waals surface area contributed by atoms with Crippen LogP contribution in [0.1, 0.15) is 18.9 Å². The number of hydrogen-bond acceptors (Lipinski definition) is 3. The number of methoxy groups -OCH3 is 1. The molecule has 0 radical (unpaired) electrons. The Balaban J connectivity index is 2.29. The first kappa shape index (κ1) is 15.7. The minimum atomic E-state index is 0.0936. The summed E-state index contributed by atoms with van der Waals surface area (Å²) in [6.07, 6.45) is 1.64. The molecule has 2 aromatic carbocycles. The molecule has 2 rings (SSSR count). The summed E-state index contributed by atoms with van der Waals surface area (Å²) in [5.74, 6) is 2.09. The Morgan fingerprint density at radius 1 is 1.14 bits per heavy atom. The highest BCUT2D eigenvalue weighted by molar-refractivity contribution is 6.32. The molecule has 4 heteroatoms. The molecule has 0 aliphatic heterocycles. The predicted molar refractivity (Wildman–Crippen MR) is 86.5 cm³/mol. The van der Waals surface area contributed by atoms with Crippen LogP contribution >= 0.6 is 11.6 Å². The highest BCUT2D eigenvalue weighted by Gasteiger charge is 2.12. The van der Waals surface area contributed by atoms with Gasteiger partial charge >= 0.3 is 0 Å². The molecular formula is C17H20ClNO2. The zero-order valence-corrected chi connectivity index (χ0v) is 13.1. The van der Waals surface area contributed by atoms with Gasteiger partial charge in [0.1, 0.15) is 17.2 Å². The number of para-hydroxylation sites is 1. The summed E-state index contributed by atoms with van der Waals surface area (Å²) in [4.78, 5) is 0. The molecule has 0 aliphatic rings. The average molecular weight is 306 g/mol. The van der Waals surface area contributed by atoms with Crippen molar-refractivity contribution in [1.82, 2.24) is 0 Å². The van der Waals surface area contributed by atoms with Gasteiger partial charge in [-0.3, -0.25) is 0 Å². The summed E-state index contributed by atoms with van der Waals surface area (Å²) in [7, 11) is 1.63. The molecular weight excluding hydrogens is 286 g/mol. The van der Waals surface area contributed by atoms with Gasteiger partial charge < -0.3 is 15.2 Å². The number of nitrogens with two attached hydrogens (primary N) is 1. The quantitative estimate of drug-likeness (QED) is 0.859. The number of rotatable bonds is 6. The molecule has 112 valence electrons. The Hall–Kier alpha value is -1.71. The van der Waals surface area contributed by atoms with Gasteiger partial charge in [0.2, 0.25) is 0 Å². The third-order valence-corrected chi connectivity index (χ3v) is 3.61. The number of halogens is 1. The molecule has 0 saturated carbocycles. The van der Waals surface area contributed by atoms with E-state index in [2.05, 4.69) is 6.92 Å². The minimum Gasteiger partial charge on any atom is -0.497 e. The van der Waals surface area contributed by atoms with E-state index >= 15 is 0 Å². The first-order valence-corrected chi connectivity index (χ1v) is 7.36. The largest absolute Gasteiger partial charge is 0.497 e. The molecule has 3 nitrogen and oxygen atoms in total. The number of ether oxygens (including phenoxy) is 2. The lowest BCUT2D eigenvalue weighted by molar-refractivity contribution is 0.408. The van der Waals surface area contributed by atoms with Crippen molar-refractivity contribution in [3.63, 3.8) is 0 Å². The average Bonchev–Trinajstić information content (AvgIpc) is 2.50. The smallest absolute Gasteiger partial charge is 0.149 e. The molecule has 0 heterocycles. The second-order valence-corrected chi connectivity index (χ2v) is 5.29. The SMILES string of the molecule is CCC(N)Cc1cccc(Cl)c1Oc1cccc(OC)c1. The van der Waals surface area contributed by atoms with Crippen LogP contribution in [0.3, 0.4) is 0 Å². The summed E-state index contributed by atoms with van der Waals surface area (Å²) >= 11 is 6.28. The fourth-order valence-corrected chi connectivity index (χ4v) is 2.27. The van der Waals surface area contributed by atoms with E-state index in [0.717, 1.165) is 24.2 Å². The van der Waals surface area contributed by atoms with Gasteiger partial charge in [0.05, 0.1) is 12.1 Å². The standard InChI is InChI=1S/C17H20ClNO2/c1-3-13(19)10-12-6-4-9-16(18)17(12)21-15-8-5-7-14(11-15)20-2/h4-9,11,13H,3,10,19H2,1-2H3. The van der Waals surface area contributed by atoms with Crippen molar-refractivity contribution in [2.45, 2.75) is 25.8 Å². The maximum atomic E-state index is 6.28. The highest BCUT2D eigenvalue weighted by Crippen LogP contribution is 2.34. The van der Waals surface area contributed by atoms with Crippen molar-refractivity contribution in [2.75, 3.05) is 7.11 Å². The van der Waals surface area contributed by atoms with E-state index in [4.69, 9.17) is 26.8 Å². The van der Waals surface area contributed by atoms with Crippen LogP contribution in [0.25, 0.3) is 0 Å². The molecule has 0 amide bonds. The van der Waals surface area contributed by atoms with Crippen LogP contribution in [0.4, 0.5) is 0 Å². The summed E-state index contributed by atoms with van der Waals surface area (Å²) < 4.78 is 11.2. The van der Waals surface area contributed by atoms with Crippen LogP contribution in [-0.4, -0.2) is 13.2 Å². The minimum absolute atomic E-state index is 0.0936. The van der Waals surface area contributed by atoms with Gasteiger partial charge in [-0.1, -0.05) is 36.7 Å². The van der Waals surface area contributed by atoms with E-state index in [1.54, 1.807) is 7.11 Å². The topological polar surface area (TPSA) is 44.5 Å². The Morgan fingerprint density at radius 2 is 1.86 bits per heavy atom. The Kier molecular flexibility index (Phi) is 5.48. The van der Waals surface area contributed by atoms with Crippen molar-refractivity contribution in [3.05, 3.63) is 53.1 Å². The lowest BCUT2D eigenvalue weighted by atomic mass is 10.0. The maximum Gasteiger partial charge on any atom is 0.149 e. The zero-order chi connectivity index (χ0) is 15.2. The molecule has 2 N–H and O–H groups in total. The van der Waals surface area contributed by atoms with Crippen LogP contribution < -0.4 is 15.2 Å². The molecule has 2 aromatic rings. The van der Waals surface area contributed by atoms with Crippen LogP contribution in [0.5, 0.6) is 17.2 Å². The summed E-state index contributed by atoms with van der Waals surface area (Å²) in [6, 6.07) is 13.3. The fourth-order valence-electron chi connectivity index (χ4n) is 2.04. The lowest BCUT2D eigenvalue weighted by Crippen LogP contribution is -2.21. The van der Waals surface area contributed by atoms with E-state index in [1.807, 2.05) is 42.5 Å². The van der Waals surface area contributed by atoms with Crippen LogP contribution in [0.2, 0.25) is 5.02 Å². The van der Waals surface area contributed by atoms with Crippen LogP contribution in [0, 0.1) is 0 Å². The van der Waals surface area contributed by atoms with Gasteiger partial charge in [-0.15, -0.1) is 0 Å². The van der Waals surface area contributed by atoms with E-state index in [-0.39, 0.29) is 6.04 Å². The van der Waals surface area contributed by atoms with Crippen molar-refractivity contribution in [2.24, 2.45) is 5.73 Å². The first-order valence-electron chi connectivity index (χ1n) is 6.99. The molecule has 0 bridgehead atoms. The van der Waals surface area contributed by atoms with Crippen molar-refractivity contribution in [1.29, 1.82) is 0 Å². The highest BCUT2D eigenvalue weighted by atomic mass is 35.5. The molecule has 1 unspecified atom stereocenters. The van der Waals surface area contributed by atoms with Crippen molar-refractivity contribution >= 4 is 11.6 Å². The van der Waals surface area contributed by atoms with Gasteiger partial charge in [-0.25, -0.2) is 0 Å². The molecule has 21 heavy (non-hydrogen) atoms. The lowest BCUT2D eigenvalue weighted by Gasteiger charge is -2.15. The molecule has 0 aliphatic carbocycles. The van der Waals surface area contributed by atoms with Crippen LogP contribution in [0.15, 0.2) is 42.5 Å². The molecule has 0 saturated heterocycles. The first-order chi connectivity index (χ1) is 10.1. The third-order valence-electron chi connectivity index (χ3n) is 3.32. The second-order valence-electron chi connectivity index (χ2n) is 4.88. The van der Waals surface area contributed by atoms with Gasteiger partial charge in [0.25, 0.3) is 0 Å². The zero-order valence-electron chi connectivity index (χ0n) is 12.3. The van der Waals surface area contributed by atoms with Crippen molar-refractivity contribution in [3.8, 4) is 17.2 Å². The van der Waals surface area contributed by atoms with Gasteiger partial charge in [0, 0.05) is 12.1 Å².